The molecule has 0 fully saturated rings. The first-order valence-corrected chi connectivity index (χ1v) is 6.84. The van der Waals surface area contributed by atoms with E-state index in [-0.39, 0.29) is 5.69 Å². The number of nitrogens with one attached hydrogen (secondary N) is 1. The van der Waals surface area contributed by atoms with Gasteiger partial charge in [-0.2, -0.15) is 0 Å². The molecular weight excluding hydrogens is 266 g/mol. The standard InChI is InChI=1S/C16H19N3O2/c1-3-4-11-5-7-12(8-6-11)19-15-14(17)13(9-10-18-15)16(20)21-2/h5-10H,3-4,17H2,1-2H3,(H,18,19). The number of anilines is 3. The van der Waals surface area contributed by atoms with Crippen LogP contribution in [0.3, 0.4) is 0 Å². The summed E-state index contributed by atoms with van der Waals surface area (Å²) in [6.07, 6.45) is 3.69. The van der Waals surface area contributed by atoms with Crippen LogP contribution in [0.4, 0.5) is 17.2 Å². The van der Waals surface area contributed by atoms with Crippen LogP contribution in [-0.2, 0) is 11.2 Å². The van der Waals surface area contributed by atoms with E-state index in [0.29, 0.717) is 11.4 Å². The van der Waals surface area contributed by atoms with Gasteiger partial charge in [-0.25, -0.2) is 9.78 Å². The Morgan fingerprint density at radius 3 is 2.62 bits per heavy atom. The molecule has 21 heavy (non-hydrogen) atoms. The van der Waals surface area contributed by atoms with Crippen molar-refractivity contribution in [2.24, 2.45) is 0 Å². The summed E-state index contributed by atoms with van der Waals surface area (Å²) in [7, 11) is 1.32. The van der Waals surface area contributed by atoms with Crippen molar-refractivity contribution in [2.75, 3.05) is 18.2 Å². The number of hydrogen-bond donors (Lipinski definition) is 2. The smallest absolute Gasteiger partial charge is 0.340 e. The third-order valence-electron chi connectivity index (χ3n) is 3.15. The second-order valence-electron chi connectivity index (χ2n) is 4.68. The lowest BCUT2D eigenvalue weighted by molar-refractivity contribution is 0.0602. The Labute approximate surface area is 124 Å². The number of methoxy groups -OCH3 is 1. The predicted molar refractivity (Wildman–Crippen MR) is 83.7 cm³/mol. The van der Waals surface area contributed by atoms with Crippen LogP contribution in [0.15, 0.2) is 36.5 Å². The predicted octanol–water partition coefficient (Wildman–Crippen LogP) is 3.15. The maximum absolute atomic E-state index is 11.6. The van der Waals surface area contributed by atoms with Crippen molar-refractivity contribution in [3.63, 3.8) is 0 Å². The Morgan fingerprint density at radius 2 is 2.00 bits per heavy atom. The third kappa shape index (κ3) is 3.51. The summed E-state index contributed by atoms with van der Waals surface area (Å²) in [6.45, 7) is 2.15. The molecule has 1 aromatic carbocycles. The molecule has 1 aromatic heterocycles. The minimum Gasteiger partial charge on any atom is -0.465 e. The Balaban J connectivity index is 2.21. The summed E-state index contributed by atoms with van der Waals surface area (Å²) >= 11 is 0. The first kappa shape index (κ1) is 14.8. The van der Waals surface area contributed by atoms with E-state index in [1.165, 1.54) is 24.9 Å². The largest absolute Gasteiger partial charge is 0.465 e. The Hall–Kier alpha value is -2.56. The fourth-order valence-electron chi connectivity index (χ4n) is 2.04. The van der Waals surface area contributed by atoms with Crippen molar-refractivity contribution < 1.29 is 9.53 Å². The average molecular weight is 285 g/mol. The number of nitrogens with two attached hydrogens (primary N) is 1. The lowest BCUT2D eigenvalue weighted by Gasteiger charge is -2.11. The maximum Gasteiger partial charge on any atom is 0.340 e. The SMILES string of the molecule is CCCc1ccc(Nc2nccc(C(=O)OC)c2N)cc1. The van der Waals surface area contributed by atoms with Crippen LogP contribution < -0.4 is 11.1 Å². The van der Waals surface area contributed by atoms with Crippen molar-refractivity contribution in [3.05, 3.63) is 47.7 Å². The van der Waals surface area contributed by atoms with E-state index in [2.05, 4.69) is 29.4 Å². The first-order chi connectivity index (χ1) is 10.2. The van der Waals surface area contributed by atoms with Crippen molar-refractivity contribution >= 4 is 23.2 Å². The zero-order valence-electron chi connectivity index (χ0n) is 12.2. The molecule has 1 heterocycles. The molecule has 5 heteroatoms. The summed E-state index contributed by atoms with van der Waals surface area (Å²) in [5, 5.41) is 3.12. The van der Waals surface area contributed by atoms with Crippen LogP contribution in [0.5, 0.6) is 0 Å². The molecule has 2 aromatic rings. The number of benzene rings is 1. The van der Waals surface area contributed by atoms with Crippen LogP contribution in [0.2, 0.25) is 0 Å². The lowest BCUT2D eigenvalue weighted by Crippen LogP contribution is -2.09. The molecule has 0 atom stereocenters. The van der Waals surface area contributed by atoms with Gasteiger partial charge in [0.2, 0.25) is 0 Å². The van der Waals surface area contributed by atoms with Gasteiger partial charge in [0.15, 0.2) is 5.82 Å². The highest BCUT2D eigenvalue weighted by molar-refractivity contribution is 5.97. The van der Waals surface area contributed by atoms with E-state index in [4.69, 9.17) is 10.5 Å². The van der Waals surface area contributed by atoms with Gasteiger partial charge in [0, 0.05) is 11.9 Å². The quantitative estimate of drug-likeness (QED) is 0.825. The molecule has 0 spiro atoms. The van der Waals surface area contributed by atoms with Gasteiger partial charge in [0.1, 0.15) is 0 Å². The normalized spacial score (nSPS) is 10.2. The second kappa shape index (κ2) is 6.74. The summed E-state index contributed by atoms with van der Waals surface area (Å²) in [5.41, 5.74) is 8.70. The zero-order valence-corrected chi connectivity index (χ0v) is 12.2. The first-order valence-electron chi connectivity index (χ1n) is 6.84. The van der Waals surface area contributed by atoms with Crippen molar-refractivity contribution in [1.29, 1.82) is 0 Å². The van der Waals surface area contributed by atoms with Gasteiger partial charge in [0.05, 0.1) is 18.4 Å². The highest BCUT2D eigenvalue weighted by atomic mass is 16.5. The van der Waals surface area contributed by atoms with E-state index >= 15 is 0 Å². The molecule has 0 aliphatic carbocycles. The molecule has 0 unspecified atom stereocenters. The second-order valence-corrected chi connectivity index (χ2v) is 4.68. The summed E-state index contributed by atoms with van der Waals surface area (Å²) < 4.78 is 4.69. The van der Waals surface area contributed by atoms with Crippen molar-refractivity contribution in [2.45, 2.75) is 19.8 Å². The van der Waals surface area contributed by atoms with E-state index in [0.717, 1.165) is 18.5 Å². The number of esters is 1. The van der Waals surface area contributed by atoms with Gasteiger partial charge < -0.3 is 15.8 Å². The van der Waals surface area contributed by atoms with Gasteiger partial charge in [-0.3, -0.25) is 0 Å². The van der Waals surface area contributed by atoms with Crippen LogP contribution in [0.1, 0.15) is 29.3 Å². The summed E-state index contributed by atoms with van der Waals surface area (Å²) in [6, 6.07) is 9.60. The maximum atomic E-state index is 11.6. The number of rotatable bonds is 5. The van der Waals surface area contributed by atoms with Crippen molar-refractivity contribution in [3.8, 4) is 0 Å². The van der Waals surface area contributed by atoms with Crippen LogP contribution in [-0.4, -0.2) is 18.1 Å². The lowest BCUT2D eigenvalue weighted by atomic mass is 10.1. The number of ether oxygens (including phenoxy) is 1. The minimum atomic E-state index is -0.476. The number of hydrogen-bond acceptors (Lipinski definition) is 5. The summed E-state index contributed by atoms with van der Waals surface area (Å²) in [4.78, 5) is 15.8. The fraction of sp³-hybridized carbons (Fsp3) is 0.250. The van der Waals surface area contributed by atoms with Gasteiger partial charge in [-0.05, 0) is 30.2 Å². The number of nitrogens with zero attached hydrogens (tertiary/aromatic N) is 1. The number of carbonyl (C=O) groups is 1. The Kier molecular flexibility index (Phi) is 4.77. The van der Waals surface area contributed by atoms with E-state index in [9.17, 15) is 4.79 Å². The van der Waals surface area contributed by atoms with E-state index in [1.54, 1.807) is 0 Å². The molecule has 2 rings (SSSR count). The molecule has 0 saturated carbocycles. The average Bonchev–Trinajstić information content (AvgIpc) is 2.51. The Bertz CT molecular complexity index is 624. The molecule has 0 aliphatic rings. The molecule has 110 valence electrons. The van der Waals surface area contributed by atoms with Gasteiger partial charge in [-0.1, -0.05) is 25.5 Å². The number of nitrogen functional groups attached to an aromatic ring is 1. The van der Waals surface area contributed by atoms with Gasteiger partial charge in [0.25, 0.3) is 0 Å². The Morgan fingerprint density at radius 1 is 1.29 bits per heavy atom. The molecule has 0 aliphatic heterocycles. The number of aryl methyl sites for hydroxylation is 1. The highest BCUT2D eigenvalue weighted by Gasteiger charge is 2.13. The van der Waals surface area contributed by atoms with E-state index in [1.807, 2.05) is 12.1 Å². The number of pyridine rings is 1. The van der Waals surface area contributed by atoms with Crippen LogP contribution in [0, 0.1) is 0 Å². The molecular formula is C16H19N3O2. The highest BCUT2D eigenvalue weighted by Crippen LogP contribution is 2.24. The topological polar surface area (TPSA) is 77.2 Å². The van der Waals surface area contributed by atoms with E-state index < -0.39 is 5.97 Å². The van der Waals surface area contributed by atoms with Crippen LogP contribution >= 0.6 is 0 Å². The monoisotopic (exact) mass is 285 g/mol. The molecule has 0 saturated heterocycles. The van der Waals surface area contributed by atoms with Gasteiger partial charge in [-0.15, -0.1) is 0 Å². The number of aromatic nitrogens is 1. The van der Waals surface area contributed by atoms with Gasteiger partial charge >= 0.3 is 5.97 Å². The van der Waals surface area contributed by atoms with Crippen LogP contribution in [0.25, 0.3) is 0 Å². The minimum absolute atomic E-state index is 0.280. The molecule has 0 amide bonds. The molecule has 3 N–H and O–H groups in total. The third-order valence-corrected chi connectivity index (χ3v) is 3.15. The molecule has 5 nitrogen and oxygen atoms in total. The molecule has 0 bridgehead atoms. The summed E-state index contributed by atoms with van der Waals surface area (Å²) in [5.74, 6) is -0.0302. The fourth-order valence-corrected chi connectivity index (χ4v) is 2.04. The van der Waals surface area contributed by atoms with Crippen molar-refractivity contribution in [1.82, 2.24) is 4.98 Å². The molecule has 0 radical (unpaired) electrons. The zero-order chi connectivity index (χ0) is 15.2. The number of carbonyl (C=O) groups excluding carboxylic acids is 1.